The molecule has 1 aliphatic rings. The molecule has 1 amide bonds. The Hall–Kier alpha value is -4.04. The molecule has 6 nitrogen and oxygen atoms in total. The molecule has 2 aromatic heterocycles. The molecule has 176 valence electrons. The molecule has 0 radical (unpaired) electrons. The summed E-state index contributed by atoms with van der Waals surface area (Å²) in [6, 6.07) is 24.7. The fourth-order valence-electron chi connectivity index (χ4n) is 4.20. The fourth-order valence-corrected chi connectivity index (χ4v) is 4.54. The van der Waals surface area contributed by atoms with Gasteiger partial charge >= 0.3 is 0 Å². The summed E-state index contributed by atoms with van der Waals surface area (Å²) in [6.07, 6.45) is 1.93. The Morgan fingerprint density at radius 2 is 1.80 bits per heavy atom. The molecule has 5 rings (SSSR count). The van der Waals surface area contributed by atoms with Crippen molar-refractivity contribution in [1.82, 2.24) is 15.2 Å². The van der Waals surface area contributed by atoms with Crippen molar-refractivity contribution >= 4 is 28.9 Å². The summed E-state index contributed by atoms with van der Waals surface area (Å²) in [5, 5.41) is 6.68. The highest BCUT2D eigenvalue weighted by atomic mass is 32.1. The van der Waals surface area contributed by atoms with E-state index in [4.69, 9.17) is 16.6 Å². The molecule has 35 heavy (non-hydrogen) atoms. The van der Waals surface area contributed by atoms with Crippen LogP contribution in [0.1, 0.15) is 30.0 Å². The number of carbonyl (C=O) groups is 1. The molecule has 2 atom stereocenters. The van der Waals surface area contributed by atoms with E-state index in [1.807, 2.05) is 65.6 Å². The predicted octanol–water partition coefficient (Wildman–Crippen LogP) is 5.48. The first-order chi connectivity index (χ1) is 17.1. The second-order valence-electron chi connectivity index (χ2n) is 8.19. The van der Waals surface area contributed by atoms with Crippen molar-refractivity contribution in [3.8, 4) is 11.3 Å². The average molecular weight is 487 g/mol. The van der Waals surface area contributed by atoms with Crippen LogP contribution in [0.25, 0.3) is 11.3 Å². The Morgan fingerprint density at radius 1 is 1.03 bits per heavy atom. The lowest BCUT2D eigenvalue weighted by Gasteiger charge is -2.25. The number of rotatable bonds is 7. The lowest BCUT2D eigenvalue weighted by molar-refractivity contribution is -0.116. The van der Waals surface area contributed by atoms with Crippen LogP contribution >= 0.6 is 12.2 Å². The molecule has 8 heteroatoms. The van der Waals surface area contributed by atoms with Gasteiger partial charge in [0.1, 0.15) is 23.4 Å². The number of amides is 1. The summed E-state index contributed by atoms with van der Waals surface area (Å²) in [7, 11) is 0. The molecule has 1 fully saturated rings. The molecular weight excluding hydrogens is 463 g/mol. The van der Waals surface area contributed by atoms with Gasteiger partial charge in [0, 0.05) is 30.4 Å². The molecule has 0 bridgehead atoms. The van der Waals surface area contributed by atoms with Crippen LogP contribution in [0.4, 0.5) is 10.1 Å². The van der Waals surface area contributed by atoms with Gasteiger partial charge in [-0.2, -0.15) is 0 Å². The van der Waals surface area contributed by atoms with Gasteiger partial charge in [-0.15, -0.1) is 0 Å². The highest BCUT2D eigenvalue weighted by Gasteiger charge is 2.41. The van der Waals surface area contributed by atoms with Gasteiger partial charge in [0.25, 0.3) is 0 Å². The van der Waals surface area contributed by atoms with E-state index in [0.29, 0.717) is 17.3 Å². The molecule has 0 saturated carbocycles. The van der Waals surface area contributed by atoms with Gasteiger partial charge in [-0.1, -0.05) is 36.4 Å². The number of pyridine rings is 1. The number of halogens is 1. The molecule has 1 saturated heterocycles. The summed E-state index contributed by atoms with van der Waals surface area (Å²) < 4.78 is 19.4. The number of aromatic nitrogens is 1. The number of hydrogen-bond donors (Lipinski definition) is 2. The highest BCUT2D eigenvalue weighted by Crippen LogP contribution is 2.40. The molecule has 2 N–H and O–H groups in total. The summed E-state index contributed by atoms with van der Waals surface area (Å²) in [4.78, 5) is 19.1. The van der Waals surface area contributed by atoms with Crippen molar-refractivity contribution in [3.63, 3.8) is 0 Å². The largest absolute Gasteiger partial charge is 0.459 e. The van der Waals surface area contributed by atoms with E-state index in [1.54, 1.807) is 6.20 Å². The first-order valence-corrected chi connectivity index (χ1v) is 11.7. The highest BCUT2D eigenvalue weighted by molar-refractivity contribution is 7.80. The van der Waals surface area contributed by atoms with Crippen molar-refractivity contribution in [2.45, 2.75) is 18.5 Å². The maximum atomic E-state index is 13.2. The first-order valence-electron chi connectivity index (χ1n) is 11.3. The number of anilines is 1. The maximum Gasteiger partial charge on any atom is 0.226 e. The topological polar surface area (TPSA) is 70.4 Å². The third kappa shape index (κ3) is 5.07. The van der Waals surface area contributed by atoms with Crippen LogP contribution in [0.3, 0.4) is 0 Å². The molecule has 2 aromatic carbocycles. The van der Waals surface area contributed by atoms with E-state index >= 15 is 0 Å². The number of nitrogens with one attached hydrogen (secondary N) is 2. The smallest absolute Gasteiger partial charge is 0.226 e. The Labute approximate surface area is 207 Å². The third-order valence-corrected chi connectivity index (χ3v) is 6.23. The van der Waals surface area contributed by atoms with Gasteiger partial charge in [-0.05, 0) is 60.7 Å². The molecule has 3 heterocycles. The van der Waals surface area contributed by atoms with Crippen molar-refractivity contribution in [1.29, 1.82) is 0 Å². The van der Waals surface area contributed by atoms with Gasteiger partial charge < -0.3 is 20.0 Å². The zero-order valence-corrected chi connectivity index (χ0v) is 19.5. The Balaban J connectivity index is 1.38. The monoisotopic (exact) mass is 486 g/mol. The van der Waals surface area contributed by atoms with Crippen LogP contribution in [0.5, 0.6) is 0 Å². The minimum atomic E-state index is -0.354. The van der Waals surface area contributed by atoms with E-state index in [1.165, 1.54) is 24.3 Å². The summed E-state index contributed by atoms with van der Waals surface area (Å²) in [5.41, 5.74) is 2.35. The Kier molecular flexibility index (Phi) is 6.54. The van der Waals surface area contributed by atoms with Crippen LogP contribution in [0.2, 0.25) is 0 Å². The fraction of sp³-hybridized carbons (Fsp3) is 0.148. The van der Waals surface area contributed by atoms with Crippen LogP contribution in [0.15, 0.2) is 95.5 Å². The average Bonchev–Trinajstić information content (AvgIpc) is 3.50. The van der Waals surface area contributed by atoms with Crippen molar-refractivity contribution in [2.75, 3.05) is 11.9 Å². The molecule has 1 aliphatic heterocycles. The number of thiocarbonyl (C=S) groups is 1. The number of nitrogens with zero attached hydrogens (tertiary/aromatic N) is 2. The van der Waals surface area contributed by atoms with Gasteiger partial charge in [0.05, 0.1) is 11.7 Å². The summed E-state index contributed by atoms with van der Waals surface area (Å²) in [5.74, 6) is 0.940. The lowest BCUT2D eigenvalue weighted by Crippen LogP contribution is -2.32. The molecule has 0 unspecified atom stereocenters. The van der Waals surface area contributed by atoms with Crippen molar-refractivity contribution < 1.29 is 13.6 Å². The third-order valence-electron chi connectivity index (χ3n) is 5.88. The molecule has 0 aliphatic carbocycles. The van der Waals surface area contributed by atoms with Crippen molar-refractivity contribution in [3.05, 3.63) is 108 Å². The Bertz CT molecular complexity index is 1310. The first kappa shape index (κ1) is 22.7. The zero-order chi connectivity index (χ0) is 24.2. The van der Waals surface area contributed by atoms with E-state index in [0.717, 1.165) is 22.8 Å². The van der Waals surface area contributed by atoms with Gasteiger partial charge in [0.2, 0.25) is 5.91 Å². The molecule has 0 spiro atoms. The Morgan fingerprint density at radius 3 is 2.54 bits per heavy atom. The predicted molar refractivity (Wildman–Crippen MR) is 136 cm³/mol. The summed E-state index contributed by atoms with van der Waals surface area (Å²) >= 11 is 5.66. The summed E-state index contributed by atoms with van der Waals surface area (Å²) in [6.45, 7) is 0.369. The molecular formula is C27H23FN4O2S. The lowest BCUT2D eigenvalue weighted by atomic mass is 10.0. The van der Waals surface area contributed by atoms with Gasteiger partial charge in [-0.3, -0.25) is 9.78 Å². The number of benzene rings is 2. The second kappa shape index (κ2) is 10.1. The second-order valence-corrected chi connectivity index (χ2v) is 8.58. The van der Waals surface area contributed by atoms with Crippen molar-refractivity contribution in [2.24, 2.45) is 0 Å². The molecule has 4 aromatic rings. The maximum absolute atomic E-state index is 13.2. The zero-order valence-electron chi connectivity index (χ0n) is 18.7. The van der Waals surface area contributed by atoms with Crippen LogP contribution < -0.4 is 10.6 Å². The van der Waals surface area contributed by atoms with E-state index in [2.05, 4.69) is 15.6 Å². The number of carbonyl (C=O) groups excluding carboxylic acids is 1. The van der Waals surface area contributed by atoms with Gasteiger partial charge in [0.15, 0.2) is 5.11 Å². The van der Waals surface area contributed by atoms with E-state index in [-0.39, 0.29) is 30.2 Å². The van der Waals surface area contributed by atoms with Crippen LogP contribution in [-0.4, -0.2) is 27.4 Å². The SMILES string of the molecule is O=C(CCN1C(=S)N[C@H](c2ccccn2)[C@@H]1c1ccc(-c2ccccc2)o1)Nc1ccc(F)cc1. The van der Waals surface area contributed by atoms with Crippen LogP contribution in [-0.2, 0) is 4.79 Å². The normalized spacial score (nSPS) is 17.3. The van der Waals surface area contributed by atoms with E-state index < -0.39 is 0 Å². The minimum Gasteiger partial charge on any atom is -0.459 e. The number of hydrogen-bond acceptors (Lipinski definition) is 4. The van der Waals surface area contributed by atoms with Gasteiger partial charge in [-0.25, -0.2) is 4.39 Å². The van der Waals surface area contributed by atoms with Crippen LogP contribution in [0, 0.1) is 5.82 Å². The minimum absolute atomic E-state index is 0.191. The number of furan rings is 1. The van der Waals surface area contributed by atoms with E-state index in [9.17, 15) is 9.18 Å². The standard InChI is InChI=1S/C27H23FN4O2S/c28-19-9-11-20(12-10-19)30-24(33)15-17-32-26(25(31-27(32)35)21-8-4-5-16-29-21)23-14-13-22(34-23)18-6-2-1-3-7-18/h1-14,16,25-26H,15,17H2,(H,30,33)(H,31,35)/t25-,26+/m1/s1. The quantitative estimate of drug-likeness (QED) is 0.337.